The molecule has 3 nitrogen and oxygen atoms in total. The lowest BCUT2D eigenvalue weighted by Crippen LogP contribution is -1.91. The van der Waals surface area contributed by atoms with Crippen molar-refractivity contribution in [3.05, 3.63) is 11.6 Å². The van der Waals surface area contributed by atoms with E-state index in [1.54, 1.807) is 0 Å². The molecule has 0 aromatic heterocycles. The van der Waals surface area contributed by atoms with Crippen molar-refractivity contribution in [1.29, 1.82) is 0 Å². The smallest absolute Gasteiger partial charge is 0.328 e. The summed E-state index contributed by atoms with van der Waals surface area (Å²) in [5.41, 5.74) is 0.877. The van der Waals surface area contributed by atoms with Gasteiger partial charge in [-0.2, -0.15) is 0 Å². The van der Waals surface area contributed by atoms with Crippen molar-refractivity contribution < 1.29 is 14.6 Å². The average molecular weight is 128 g/mol. The fourth-order valence-corrected chi connectivity index (χ4v) is 0.767. The molecule has 0 bridgehead atoms. The van der Waals surface area contributed by atoms with Gasteiger partial charge in [-0.15, -0.1) is 0 Å². The van der Waals surface area contributed by atoms with E-state index in [1.807, 2.05) is 0 Å². The molecule has 1 N–H and O–H groups in total. The van der Waals surface area contributed by atoms with Crippen molar-refractivity contribution in [2.24, 2.45) is 0 Å². The molecule has 1 aliphatic heterocycles. The van der Waals surface area contributed by atoms with Crippen LogP contribution in [0.2, 0.25) is 0 Å². The predicted octanol–water partition coefficient (Wildman–Crippen LogP) is 0.418. The van der Waals surface area contributed by atoms with Crippen molar-refractivity contribution >= 4 is 5.97 Å². The Morgan fingerprint density at radius 1 is 1.78 bits per heavy atom. The van der Waals surface area contributed by atoms with E-state index in [1.165, 1.54) is 6.08 Å². The second-order valence-corrected chi connectivity index (χ2v) is 1.94. The van der Waals surface area contributed by atoms with Gasteiger partial charge in [-0.25, -0.2) is 4.79 Å². The van der Waals surface area contributed by atoms with Gasteiger partial charge in [0.15, 0.2) is 0 Å². The zero-order chi connectivity index (χ0) is 6.69. The maximum Gasteiger partial charge on any atom is 0.328 e. The molecule has 0 aromatic carbocycles. The molecule has 3 heteroatoms. The number of aliphatic carboxylic acids is 1. The van der Waals surface area contributed by atoms with Gasteiger partial charge in [-0.3, -0.25) is 0 Å². The summed E-state index contributed by atoms with van der Waals surface area (Å²) in [5.74, 6) is -0.879. The quantitative estimate of drug-likeness (QED) is 0.520. The van der Waals surface area contributed by atoms with Gasteiger partial charge in [0.05, 0.1) is 13.2 Å². The molecule has 9 heavy (non-hydrogen) atoms. The Morgan fingerprint density at radius 2 is 2.56 bits per heavy atom. The third-order valence-electron chi connectivity index (χ3n) is 1.18. The van der Waals surface area contributed by atoms with E-state index in [2.05, 4.69) is 0 Å². The first-order valence-electron chi connectivity index (χ1n) is 2.79. The zero-order valence-corrected chi connectivity index (χ0v) is 4.96. The highest BCUT2D eigenvalue weighted by molar-refractivity contribution is 5.80. The SMILES string of the molecule is O=C(O)/C=C1/CCOC1. The van der Waals surface area contributed by atoms with Gasteiger partial charge in [-0.05, 0) is 12.0 Å². The molecule has 1 heterocycles. The van der Waals surface area contributed by atoms with E-state index < -0.39 is 5.97 Å². The fourth-order valence-electron chi connectivity index (χ4n) is 0.767. The van der Waals surface area contributed by atoms with E-state index in [9.17, 15) is 4.79 Å². The van der Waals surface area contributed by atoms with Crippen LogP contribution < -0.4 is 0 Å². The minimum absolute atomic E-state index is 0.492. The predicted molar refractivity (Wildman–Crippen MR) is 31.2 cm³/mol. The first-order chi connectivity index (χ1) is 4.29. The van der Waals surface area contributed by atoms with Crippen LogP contribution in [0.1, 0.15) is 6.42 Å². The Bertz CT molecular complexity index is 140. The summed E-state index contributed by atoms with van der Waals surface area (Å²) in [4.78, 5) is 10.0. The topological polar surface area (TPSA) is 46.5 Å². The summed E-state index contributed by atoms with van der Waals surface area (Å²) in [7, 11) is 0. The van der Waals surface area contributed by atoms with Gasteiger partial charge < -0.3 is 9.84 Å². The van der Waals surface area contributed by atoms with Crippen LogP contribution in [0.15, 0.2) is 11.6 Å². The third kappa shape index (κ3) is 1.85. The molecule has 0 aliphatic carbocycles. The molecular weight excluding hydrogens is 120 g/mol. The Balaban J connectivity index is 2.49. The molecule has 0 unspecified atom stereocenters. The van der Waals surface area contributed by atoms with Gasteiger partial charge in [0.1, 0.15) is 0 Å². The van der Waals surface area contributed by atoms with Crippen LogP contribution in [0.3, 0.4) is 0 Å². The Kier molecular flexibility index (Phi) is 1.85. The summed E-state index contributed by atoms with van der Waals surface area (Å²) in [6.07, 6.45) is 1.99. The van der Waals surface area contributed by atoms with Gasteiger partial charge >= 0.3 is 5.97 Å². The van der Waals surface area contributed by atoms with E-state index in [0.717, 1.165) is 12.0 Å². The van der Waals surface area contributed by atoms with Gasteiger partial charge in [-0.1, -0.05) is 0 Å². The second kappa shape index (κ2) is 2.64. The normalized spacial score (nSPS) is 22.9. The third-order valence-corrected chi connectivity index (χ3v) is 1.18. The van der Waals surface area contributed by atoms with Gasteiger partial charge in [0.2, 0.25) is 0 Å². The lowest BCUT2D eigenvalue weighted by Gasteiger charge is -1.86. The minimum atomic E-state index is -0.879. The fraction of sp³-hybridized carbons (Fsp3) is 0.500. The van der Waals surface area contributed by atoms with Gasteiger partial charge in [0, 0.05) is 6.08 Å². The van der Waals surface area contributed by atoms with Crippen LogP contribution in [-0.2, 0) is 9.53 Å². The second-order valence-electron chi connectivity index (χ2n) is 1.94. The number of hydrogen-bond acceptors (Lipinski definition) is 2. The lowest BCUT2D eigenvalue weighted by atomic mass is 10.2. The van der Waals surface area contributed by atoms with Crippen LogP contribution in [-0.4, -0.2) is 24.3 Å². The van der Waals surface area contributed by atoms with Crippen molar-refractivity contribution in [2.75, 3.05) is 13.2 Å². The summed E-state index contributed by atoms with van der Waals surface area (Å²) in [6.45, 7) is 1.16. The molecule has 1 aliphatic rings. The molecule has 0 aromatic rings. The number of ether oxygens (including phenoxy) is 1. The Hall–Kier alpha value is -0.830. The molecule has 1 fully saturated rings. The molecule has 1 saturated heterocycles. The minimum Gasteiger partial charge on any atom is -0.478 e. The maximum absolute atomic E-state index is 10.0. The number of hydrogen-bond donors (Lipinski definition) is 1. The van der Waals surface area contributed by atoms with Crippen molar-refractivity contribution in [3.8, 4) is 0 Å². The first-order valence-corrected chi connectivity index (χ1v) is 2.79. The molecule has 0 spiro atoms. The molecule has 0 atom stereocenters. The van der Waals surface area contributed by atoms with Crippen LogP contribution in [0.5, 0.6) is 0 Å². The maximum atomic E-state index is 10.0. The Labute approximate surface area is 52.9 Å². The summed E-state index contributed by atoms with van der Waals surface area (Å²) in [5, 5.41) is 8.24. The molecule has 50 valence electrons. The van der Waals surface area contributed by atoms with Crippen molar-refractivity contribution in [2.45, 2.75) is 6.42 Å². The highest BCUT2D eigenvalue weighted by atomic mass is 16.5. The first kappa shape index (κ1) is 6.29. The Morgan fingerprint density at radius 3 is 3.00 bits per heavy atom. The number of carboxylic acid groups (broad SMARTS) is 1. The van der Waals surface area contributed by atoms with E-state index >= 15 is 0 Å². The zero-order valence-electron chi connectivity index (χ0n) is 4.96. The van der Waals surface area contributed by atoms with Crippen molar-refractivity contribution in [3.63, 3.8) is 0 Å². The summed E-state index contributed by atoms with van der Waals surface area (Å²) >= 11 is 0. The van der Waals surface area contributed by atoms with E-state index in [-0.39, 0.29) is 0 Å². The summed E-state index contributed by atoms with van der Waals surface area (Å²) in [6, 6.07) is 0. The number of rotatable bonds is 1. The van der Waals surface area contributed by atoms with Crippen LogP contribution in [0.25, 0.3) is 0 Å². The number of carboxylic acids is 1. The van der Waals surface area contributed by atoms with Crippen LogP contribution in [0, 0.1) is 0 Å². The van der Waals surface area contributed by atoms with E-state index in [4.69, 9.17) is 9.84 Å². The highest BCUT2D eigenvalue weighted by Crippen LogP contribution is 2.09. The molecule has 0 saturated carbocycles. The molecule has 1 rings (SSSR count). The highest BCUT2D eigenvalue weighted by Gasteiger charge is 2.07. The van der Waals surface area contributed by atoms with Crippen LogP contribution in [0.4, 0.5) is 0 Å². The monoisotopic (exact) mass is 128 g/mol. The lowest BCUT2D eigenvalue weighted by molar-refractivity contribution is -0.131. The van der Waals surface area contributed by atoms with Crippen molar-refractivity contribution in [1.82, 2.24) is 0 Å². The average Bonchev–Trinajstić information content (AvgIpc) is 2.15. The standard InChI is InChI=1S/C6H8O3/c7-6(8)3-5-1-2-9-4-5/h3H,1-2,4H2,(H,7,8)/b5-3-. The van der Waals surface area contributed by atoms with Gasteiger partial charge in [0.25, 0.3) is 0 Å². The number of carbonyl (C=O) groups is 1. The molecule has 0 radical (unpaired) electrons. The largest absolute Gasteiger partial charge is 0.478 e. The van der Waals surface area contributed by atoms with E-state index in [0.29, 0.717) is 13.2 Å². The molecular formula is C6H8O3. The summed E-state index contributed by atoms with van der Waals surface area (Å²) < 4.78 is 4.93. The molecule has 0 amide bonds. The van der Waals surface area contributed by atoms with Crippen LogP contribution >= 0.6 is 0 Å².